The van der Waals surface area contributed by atoms with E-state index in [1.165, 1.54) is 27.2 Å². The first-order valence-electron chi connectivity index (χ1n) is 13.8. The zero-order valence-electron chi connectivity index (χ0n) is 25.4. The Morgan fingerprint density at radius 2 is 1.73 bits per heavy atom. The second-order valence-electron chi connectivity index (χ2n) is 11.4. The molecule has 1 saturated carbocycles. The van der Waals surface area contributed by atoms with E-state index in [1.807, 2.05) is 0 Å². The zero-order valence-corrected chi connectivity index (χ0v) is 25.4. The van der Waals surface area contributed by atoms with Gasteiger partial charge in [-0.25, -0.2) is 14.0 Å². The molecule has 2 heterocycles. The molecule has 1 amide bonds. The average molecular weight is 623 g/mol. The number of nitrogens with one attached hydrogen (secondary N) is 1. The lowest BCUT2D eigenvalue weighted by molar-refractivity contribution is -0.136. The standard InChI is InChI=1S/C24H29F2N3O6.C4H7BO4/c1-24(2,3)35-23(33)27-17-11-28(9-12(17)8-25)19-16(26)7-14-18(21(19)34-4)29(13-5-6-13)10-15(20(14)30)22(31)32;1-3(6)8-5-9-4(2)7/h7,10,12-13,17H,5-6,8-9,11H2,1-4H3,(H,27,33)(H,31,32);5H,1-2H3. The second-order valence-corrected chi connectivity index (χ2v) is 11.4. The lowest BCUT2D eigenvalue weighted by atomic mass is 10.1. The summed E-state index contributed by atoms with van der Waals surface area (Å²) >= 11 is 0. The van der Waals surface area contributed by atoms with Gasteiger partial charge in [0.25, 0.3) is 11.9 Å². The van der Waals surface area contributed by atoms with Gasteiger partial charge in [0, 0.05) is 45.1 Å². The summed E-state index contributed by atoms with van der Waals surface area (Å²) in [4.78, 5) is 58.4. The predicted octanol–water partition coefficient (Wildman–Crippen LogP) is 2.86. The summed E-state index contributed by atoms with van der Waals surface area (Å²) < 4.78 is 50.4. The molecule has 13 nitrogen and oxygen atoms in total. The maximum atomic E-state index is 15.5. The van der Waals surface area contributed by atoms with Crippen LogP contribution in [-0.4, -0.2) is 79.9 Å². The molecule has 240 valence electrons. The molecule has 2 atom stereocenters. The number of fused-ring (bicyclic) bond motifs is 1. The first-order chi connectivity index (χ1) is 20.6. The van der Waals surface area contributed by atoms with Crippen LogP contribution in [0.4, 0.5) is 19.3 Å². The fourth-order valence-electron chi connectivity index (χ4n) is 4.75. The number of amides is 1. The van der Waals surface area contributed by atoms with Crippen LogP contribution in [0.5, 0.6) is 5.75 Å². The zero-order chi connectivity index (χ0) is 32.9. The second kappa shape index (κ2) is 13.9. The molecule has 0 bridgehead atoms. The van der Waals surface area contributed by atoms with Crippen LogP contribution in [-0.2, 0) is 23.6 Å². The average Bonchev–Trinajstić information content (AvgIpc) is 3.67. The van der Waals surface area contributed by atoms with Crippen LogP contribution in [0.2, 0.25) is 0 Å². The van der Waals surface area contributed by atoms with Crippen molar-refractivity contribution in [3.63, 3.8) is 0 Å². The largest absolute Gasteiger partial charge is 0.580 e. The first-order valence-corrected chi connectivity index (χ1v) is 13.8. The van der Waals surface area contributed by atoms with E-state index in [4.69, 9.17) is 9.47 Å². The Morgan fingerprint density at radius 1 is 1.11 bits per heavy atom. The van der Waals surface area contributed by atoms with E-state index in [0.29, 0.717) is 5.52 Å². The number of nitrogens with zero attached hydrogens (tertiary/aromatic N) is 2. The number of aromatic carboxylic acids is 1. The minimum absolute atomic E-state index is 0.0313. The van der Waals surface area contributed by atoms with E-state index in [2.05, 4.69) is 14.6 Å². The molecule has 1 saturated heterocycles. The highest BCUT2D eigenvalue weighted by Crippen LogP contribution is 2.44. The van der Waals surface area contributed by atoms with Gasteiger partial charge >= 0.3 is 19.7 Å². The highest BCUT2D eigenvalue weighted by atomic mass is 19.1. The summed E-state index contributed by atoms with van der Waals surface area (Å²) in [5, 5.41) is 12.1. The van der Waals surface area contributed by atoms with E-state index in [0.717, 1.165) is 18.9 Å². The molecule has 44 heavy (non-hydrogen) atoms. The Hall–Kier alpha value is -4.37. The smallest absolute Gasteiger partial charge is 0.502 e. The number of hydrogen-bond donors (Lipinski definition) is 2. The molecule has 2 unspecified atom stereocenters. The van der Waals surface area contributed by atoms with E-state index in [1.54, 1.807) is 30.2 Å². The SMILES string of the molecule is CC(=O)OBOC(C)=O.COc1c(N2CC(CF)C(NC(=O)OC(C)(C)C)C2)c(F)cc2c(=O)c(C(=O)O)cn(C3CC3)c12. The molecule has 2 aromatic rings. The van der Waals surface area contributed by atoms with Gasteiger partial charge in [-0.3, -0.25) is 18.8 Å². The topological polar surface area (TPSA) is 163 Å². The number of benzene rings is 1. The van der Waals surface area contributed by atoms with Crippen molar-refractivity contribution in [2.24, 2.45) is 5.92 Å². The number of aromatic nitrogens is 1. The Morgan fingerprint density at radius 3 is 2.20 bits per heavy atom. The molecule has 1 aliphatic carbocycles. The van der Waals surface area contributed by atoms with Crippen molar-refractivity contribution in [1.82, 2.24) is 9.88 Å². The quantitative estimate of drug-likeness (QED) is 0.416. The number of anilines is 1. The van der Waals surface area contributed by atoms with Gasteiger partial charge in [0.15, 0.2) is 11.6 Å². The van der Waals surface area contributed by atoms with Gasteiger partial charge in [-0.1, -0.05) is 0 Å². The van der Waals surface area contributed by atoms with Crippen LogP contribution in [0.1, 0.15) is 63.9 Å². The van der Waals surface area contributed by atoms with Crippen LogP contribution in [0.25, 0.3) is 10.9 Å². The summed E-state index contributed by atoms with van der Waals surface area (Å²) in [5.74, 6) is -3.67. The highest BCUT2D eigenvalue weighted by Gasteiger charge is 2.39. The molecule has 4 rings (SSSR count). The van der Waals surface area contributed by atoms with Crippen molar-refractivity contribution in [2.45, 2.75) is 65.1 Å². The summed E-state index contributed by atoms with van der Waals surface area (Å²) in [6.07, 6.45) is 2.14. The number of hydrogen-bond acceptors (Lipinski definition) is 10. The van der Waals surface area contributed by atoms with Gasteiger partial charge in [-0.2, -0.15) is 0 Å². The van der Waals surface area contributed by atoms with Crippen LogP contribution < -0.4 is 20.4 Å². The number of ether oxygens (including phenoxy) is 2. The fraction of sp³-hybridized carbons (Fsp3) is 0.536. The van der Waals surface area contributed by atoms with Gasteiger partial charge < -0.3 is 38.7 Å². The van der Waals surface area contributed by atoms with Gasteiger partial charge in [0.1, 0.15) is 16.9 Å². The van der Waals surface area contributed by atoms with Crippen LogP contribution in [0, 0.1) is 11.7 Å². The Kier molecular flexibility index (Phi) is 10.8. The third-order valence-electron chi connectivity index (χ3n) is 6.75. The van der Waals surface area contributed by atoms with Crippen molar-refractivity contribution in [2.75, 3.05) is 31.8 Å². The molecule has 16 heteroatoms. The van der Waals surface area contributed by atoms with Gasteiger partial charge in [-0.15, -0.1) is 0 Å². The Balaban J connectivity index is 0.000000512. The van der Waals surface area contributed by atoms with Crippen LogP contribution in [0.3, 0.4) is 0 Å². The number of carbonyl (C=O) groups is 4. The summed E-state index contributed by atoms with van der Waals surface area (Å²) in [6.45, 7) is 7.06. The number of carboxylic acids is 1. The van der Waals surface area contributed by atoms with Crippen molar-refractivity contribution in [3.05, 3.63) is 33.9 Å². The Bertz CT molecular complexity index is 1480. The van der Waals surface area contributed by atoms with Crippen molar-refractivity contribution in [3.8, 4) is 5.75 Å². The maximum Gasteiger partial charge on any atom is 0.580 e. The molecule has 0 spiro atoms. The molecule has 2 fully saturated rings. The molecule has 1 aromatic heterocycles. The number of alkyl carbamates (subject to hydrolysis) is 1. The monoisotopic (exact) mass is 623 g/mol. The summed E-state index contributed by atoms with van der Waals surface area (Å²) in [7, 11) is 1.05. The minimum atomic E-state index is -1.39. The lowest BCUT2D eigenvalue weighted by Gasteiger charge is -2.25. The number of rotatable bonds is 8. The highest BCUT2D eigenvalue weighted by molar-refractivity contribution is 6.25. The third-order valence-corrected chi connectivity index (χ3v) is 6.75. The number of pyridine rings is 1. The van der Waals surface area contributed by atoms with Gasteiger partial charge in [0.05, 0.1) is 30.7 Å². The van der Waals surface area contributed by atoms with E-state index < -0.39 is 65.0 Å². The predicted molar refractivity (Wildman–Crippen MR) is 155 cm³/mol. The number of methoxy groups -OCH3 is 1. The van der Waals surface area contributed by atoms with Crippen molar-refractivity contribution in [1.29, 1.82) is 0 Å². The number of alkyl halides is 1. The summed E-state index contributed by atoms with van der Waals surface area (Å²) in [6, 6.07) is 0.330. The third kappa shape index (κ3) is 8.38. The Labute approximate surface area is 252 Å². The van der Waals surface area contributed by atoms with Crippen molar-refractivity contribution >= 4 is 48.3 Å². The lowest BCUT2D eigenvalue weighted by Crippen LogP contribution is -2.43. The number of halogens is 2. The fourth-order valence-corrected chi connectivity index (χ4v) is 4.75. The number of carbonyl (C=O) groups excluding carboxylic acids is 3. The molecular formula is C28H36BF2N3O10. The van der Waals surface area contributed by atoms with Crippen molar-refractivity contribution < 1.29 is 51.8 Å². The molecule has 1 aliphatic heterocycles. The van der Waals surface area contributed by atoms with Gasteiger partial charge in [-0.05, 0) is 39.7 Å². The van der Waals surface area contributed by atoms with Crippen LogP contribution in [0.15, 0.2) is 17.1 Å². The van der Waals surface area contributed by atoms with E-state index in [-0.39, 0.29) is 43.6 Å². The number of carboxylic acid groups (broad SMARTS) is 1. The maximum absolute atomic E-state index is 15.5. The first kappa shape index (κ1) is 34.1. The summed E-state index contributed by atoms with van der Waals surface area (Å²) in [5.41, 5.74) is -1.66. The molecule has 2 aliphatic rings. The molecule has 2 N–H and O–H groups in total. The molecule has 1 aromatic carbocycles. The molecule has 0 radical (unpaired) electrons. The van der Waals surface area contributed by atoms with Gasteiger partial charge in [0.2, 0.25) is 5.43 Å². The minimum Gasteiger partial charge on any atom is -0.502 e. The normalized spacial score (nSPS) is 17.7. The van der Waals surface area contributed by atoms with Crippen LogP contribution >= 0.6 is 0 Å². The molecular weight excluding hydrogens is 587 g/mol. The van der Waals surface area contributed by atoms with E-state index in [9.17, 15) is 33.5 Å². The van der Waals surface area contributed by atoms with E-state index >= 15 is 4.39 Å².